The zero-order valence-electron chi connectivity index (χ0n) is 9.08. The maximum atomic E-state index is 12.0. The van der Waals surface area contributed by atoms with E-state index in [1.165, 1.54) is 4.68 Å². The highest BCUT2D eigenvalue weighted by Crippen LogP contribution is 2.07. The lowest BCUT2D eigenvalue weighted by atomic mass is 10.1. The van der Waals surface area contributed by atoms with E-state index in [4.69, 9.17) is 0 Å². The Kier molecular flexibility index (Phi) is 4.52. The fourth-order valence-corrected chi connectivity index (χ4v) is 1.12. The summed E-state index contributed by atoms with van der Waals surface area (Å²) in [5.41, 5.74) is 0. The highest BCUT2D eigenvalue weighted by Gasteiger charge is 2.06. The summed E-state index contributed by atoms with van der Waals surface area (Å²) in [6.07, 6.45) is 0.294. The number of aromatic nitrogens is 2. The first-order valence-corrected chi connectivity index (χ1v) is 5.17. The van der Waals surface area contributed by atoms with E-state index < -0.39 is 6.43 Å². The first-order valence-electron chi connectivity index (χ1n) is 5.17. The van der Waals surface area contributed by atoms with E-state index in [-0.39, 0.29) is 6.54 Å². The van der Waals surface area contributed by atoms with Gasteiger partial charge in [-0.1, -0.05) is 20.3 Å². The molecule has 15 heavy (non-hydrogen) atoms. The molecule has 5 heteroatoms. The SMILES string of the molecule is CCC(C)CNc1ccn(CC(F)F)n1. The fraction of sp³-hybridized carbons (Fsp3) is 0.700. The number of nitrogens with zero attached hydrogens (tertiary/aromatic N) is 2. The smallest absolute Gasteiger partial charge is 0.257 e. The van der Waals surface area contributed by atoms with E-state index in [0.29, 0.717) is 11.7 Å². The summed E-state index contributed by atoms with van der Waals surface area (Å²) in [6, 6.07) is 1.71. The number of anilines is 1. The summed E-state index contributed by atoms with van der Waals surface area (Å²) >= 11 is 0. The molecule has 0 amide bonds. The number of hydrogen-bond donors (Lipinski definition) is 1. The summed E-state index contributed by atoms with van der Waals surface area (Å²) in [5.74, 6) is 1.22. The number of alkyl halides is 2. The molecule has 86 valence electrons. The molecule has 1 aromatic heterocycles. The molecule has 0 saturated heterocycles. The monoisotopic (exact) mass is 217 g/mol. The maximum absolute atomic E-state index is 12.0. The average molecular weight is 217 g/mol. The predicted octanol–water partition coefficient (Wildman–Crippen LogP) is 2.61. The molecule has 0 fully saturated rings. The van der Waals surface area contributed by atoms with Gasteiger partial charge in [0.1, 0.15) is 12.4 Å². The standard InChI is InChI=1S/C10H17F2N3/c1-3-8(2)6-13-10-4-5-15(14-10)7-9(11)12/h4-5,8-9H,3,6-7H2,1-2H3,(H,13,14). The highest BCUT2D eigenvalue weighted by molar-refractivity contribution is 5.31. The largest absolute Gasteiger partial charge is 0.368 e. The Balaban J connectivity index is 2.39. The van der Waals surface area contributed by atoms with E-state index in [2.05, 4.69) is 24.3 Å². The van der Waals surface area contributed by atoms with Crippen molar-refractivity contribution in [3.63, 3.8) is 0 Å². The van der Waals surface area contributed by atoms with Crippen LogP contribution in [-0.4, -0.2) is 22.8 Å². The molecule has 0 aliphatic rings. The summed E-state index contributed by atoms with van der Waals surface area (Å²) in [7, 11) is 0. The summed E-state index contributed by atoms with van der Waals surface area (Å²) in [5, 5.41) is 7.09. The second-order valence-corrected chi connectivity index (χ2v) is 3.71. The van der Waals surface area contributed by atoms with Crippen LogP contribution in [0.4, 0.5) is 14.6 Å². The van der Waals surface area contributed by atoms with Crippen LogP contribution in [0, 0.1) is 5.92 Å². The molecule has 0 radical (unpaired) electrons. The van der Waals surface area contributed by atoms with Crippen molar-refractivity contribution in [2.75, 3.05) is 11.9 Å². The molecule has 1 atom stereocenters. The van der Waals surface area contributed by atoms with E-state index >= 15 is 0 Å². The van der Waals surface area contributed by atoms with Crippen LogP contribution in [-0.2, 0) is 6.54 Å². The van der Waals surface area contributed by atoms with Crippen LogP contribution in [0.25, 0.3) is 0 Å². The molecule has 1 aromatic rings. The molecule has 0 spiro atoms. The van der Waals surface area contributed by atoms with Gasteiger partial charge in [0.25, 0.3) is 6.43 Å². The van der Waals surface area contributed by atoms with Crippen LogP contribution in [0.15, 0.2) is 12.3 Å². The Morgan fingerprint density at radius 2 is 2.27 bits per heavy atom. The van der Waals surface area contributed by atoms with Crippen molar-refractivity contribution in [2.24, 2.45) is 5.92 Å². The second kappa shape index (κ2) is 5.68. The van der Waals surface area contributed by atoms with Gasteiger partial charge >= 0.3 is 0 Å². The van der Waals surface area contributed by atoms with Gasteiger partial charge in [-0.25, -0.2) is 8.78 Å². The van der Waals surface area contributed by atoms with Crippen LogP contribution < -0.4 is 5.32 Å². The molecule has 1 heterocycles. The molecule has 1 rings (SSSR count). The Morgan fingerprint density at radius 1 is 1.53 bits per heavy atom. The van der Waals surface area contributed by atoms with Gasteiger partial charge in [0.15, 0.2) is 0 Å². The van der Waals surface area contributed by atoms with Crippen LogP contribution in [0.2, 0.25) is 0 Å². The van der Waals surface area contributed by atoms with E-state index in [9.17, 15) is 8.78 Å². The Labute approximate surface area is 88.5 Å². The second-order valence-electron chi connectivity index (χ2n) is 3.71. The Morgan fingerprint density at radius 3 is 2.87 bits per heavy atom. The van der Waals surface area contributed by atoms with Crippen molar-refractivity contribution in [3.8, 4) is 0 Å². The normalized spacial score (nSPS) is 13.1. The average Bonchev–Trinajstić information content (AvgIpc) is 2.61. The molecule has 0 bridgehead atoms. The minimum atomic E-state index is -2.35. The van der Waals surface area contributed by atoms with E-state index in [1.54, 1.807) is 12.3 Å². The minimum Gasteiger partial charge on any atom is -0.368 e. The molecule has 1 N–H and O–H groups in total. The molecule has 0 aromatic carbocycles. The number of nitrogens with one attached hydrogen (secondary N) is 1. The van der Waals surface area contributed by atoms with Crippen molar-refractivity contribution < 1.29 is 8.78 Å². The van der Waals surface area contributed by atoms with Gasteiger partial charge in [0, 0.05) is 18.8 Å². The van der Waals surface area contributed by atoms with Gasteiger partial charge in [-0.3, -0.25) is 4.68 Å². The van der Waals surface area contributed by atoms with Crippen LogP contribution >= 0.6 is 0 Å². The van der Waals surface area contributed by atoms with Crippen LogP contribution in [0.3, 0.4) is 0 Å². The van der Waals surface area contributed by atoms with Crippen molar-refractivity contribution in [1.29, 1.82) is 0 Å². The molecular weight excluding hydrogens is 200 g/mol. The van der Waals surface area contributed by atoms with Gasteiger partial charge in [0.05, 0.1) is 0 Å². The lowest BCUT2D eigenvalue weighted by molar-refractivity contribution is 0.122. The number of hydrogen-bond acceptors (Lipinski definition) is 2. The summed E-state index contributed by atoms with van der Waals surface area (Å²) < 4.78 is 25.3. The number of halogens is 2. The molecule has 0 aliphatic carbocycles. The zero-order valence-corrected chi connectivity index (χ0v) is 9.08. The third kappa shape index (κ3) is 4.27. The van der Waals surface area contributed by atoms with E-state index in [1.807, 2.05) is 0 Å². The molecule has 1 unspecified atom stereocenters. The van der Waals surface area contributed by atoms with Gasteiger partial charge in [-0.15, -0.1) is 0 Å². The van der Waals surface area contributed by atoms with Crippen LogP contribution in [0.1, 0.15) is 20.3 Å². The topological polar surface area (TPSA) is 29.9 Å². The Hall–Kier alpha value is -1.13. The first kappa shape index (κ1) is 11.9. The third-order valence-electron chi connectivity index (χ3n) is 2.29. The van der Waals surface area contributed by atoms with Gasteiger partial charge < -0.3 is 5.32 Å². The van der Waals surface area contributed by atoms with Crippen molar-refractivity contribution in [2.45, 2.75) is 33.2 Å². The summed E-state index contributed by atoms with van der Waals surface area (Å²) in [6.45, 7) is 4.72. The molecule has 3 nitrogen and oxygen atoms in total. The maximum Gasteiger partial charge on any atom is 0.257 e. The summed E-state index contributed by atoms with van der Waals surface area (Å²) in [4.78, 5) is 0. The van der Waals surface area contributed by atoms with Crippen molar-refractivity contribution >= 4 is 5.82 Å². The minimum absolute atomic E-state index is 0.342. The first-order chi connectivity index (χ1) is 7.11. The lowest BCUT2D eigenvalue weighted by Gasteiger charge is -2.08. The van der Waals surface area contributed by atoms with Gasteiger partial charge in [-0.05, 0) is 5.92 Å². The molecule has 0 aliphatic heterocycles. The molecular formula is C10H17F2N3. The lowest BCUT2D eigenvalue weighted by Crippen LogP contribution is -2.12. The van der Waals surface area contributed by atoms with Crippen molar-refractivity contribution in [1.82, 2.24) is 9.78 Å². The highest BCUT2D eigenvalue weighted by atomic mass is 19.3. The van der Waals surface area contributed by atoms with Crippen LogP contribution in [0.5, 0.6) is 0 Å². The van der Waals surface area contributed by atoms with Gasteiger partial charge in [0.2, 0.25) is 0 Å². The Bertz CT molecular complexity index is 286. The zero-order chi connectivity index (χ0) is 11.3. The van der Waals surface area contributed by atoms with Crippen molar-refractivity contribution in [3.05, 3.63) is 12.3 Å². The van der Waals surface area contributed by atoms with Gasteiger partial charge in [-0.2, -0.15) is 5.10 Å². The molecule has 0 saturated carbocycles. The number of rotatable bonds is 6. The predicted molar refractivity (Wildman–Crippen MR) is 56.2 cm³/mol. The third-order valence-corrected chi connectivity index (χ3v) is 2.29. The quantitative estimate of drug-likeness (QED) is 0.793. The van der Waals surface area contributed by atoms with E-state index in [0.717, 1.165) is 13.0 Å². The fourth-order valence-electron chi connectivity index (χ4n) is 1.12.